The SMILES string of the molecule is Cc1csc(=O)n1CCC(=O)NC1CCCCC1CN. The minimum atomic E-state index is 0.00722. The molecule has 1 aromatic rings. The summed E-state index contributed by atoms with van der Waals surface area (Å²) in [6, 6.07) is 0.210. The van der Waals surface area contributed by atoms with Crippen molar-refractivity contribution in [3.05, 3.63) is 20.7 Å². The van der Waals surface area contributed by atoms with E-state index < -0.39 is 0 Å². The standard InChI is InChI=1S/C14H23N3O2S/c1-10-9-20-14(19)17(10)7-6-13(18)16-12-5-3-2-4-11(12)8-15/h9,11-12H,2-8,15H2,1H3,(H,16,18). The number of hydrogen-bond donors (Lipinski definition) is 2. The Morgan fingerprint density at radius 2 is 2.25 bits per heavy atom. The van der Waals surface area contributed by atoms with Crippen LogP contribution < -0.4 is 15.9 Å². The second kappa shape index (κ2) is 7.04. The number of rotatable bonds is 5. The Kier molecular flexibility index (Phi) is 5.37. The fourth-order valence-corrected chi connectivity index (χ4v) is 3.61. The van der Waals surface area contributed by atoms with Gasteiger partial charge < -0.3 is 15.6 Å². The van der Waals surface area contributed by atoms with Crippen LogP contribution in [0.4, 0.5) is 0 Å². The van der Waals surface area contributed by atoms with Gasteiger partial charge in [-0.15, -0.1) is 0 Å². The van der Waals surface area contributed by atoms with Crippen LogP contribution in [0.15, 0.2) is 10.2 Å². The van der Waals surface area contributed by atoms with Crippen molar-refractivity contribution < 1.29 is 4.79 Å². The lowest BCUT2D eigenvalue weighted by Crippen LogP contribution is -2.45. The van der Waals surface area contributed by atoms with Crippen molar-refractivity contribution in [1.29, 1.82) is 0 Å². The van der Waals surface area contributed by atoms with Gasteiger partial charge in [-0.2, -0.15) is 0 Å². The van der Waals surface area contributed by atoms with Crippen molar-refractivity contribution in [3.8, 4) is 0 Å². The summed E-state index contributed by atoms with van der Waals surface area (Å²) in [5.74, 6) is 0.422. The van der Waals surface area contributed by atoms with E-state index in [-0.39, 0.29) is 16.8 Å². The Balaban J connectivity index is 1.85. The number of nitrogens with two attached hydrogens (primary N) is 1. The van der Waals surface area contributed by atoms with Gasteiger partial charge in [0, 0.05) is 30.1 Å². The van der Waals surface area contributed by atoms with E-state index in [1.807, 2.05) is 12.3 Å². The van der Waals surface area contributed by atoms with Crippen LogP contribution in [0, 0.1) is 12.8 Å². The molecule has 2 unspecified atom stereocenters. The molecule has 1 aliphatic rings. The first-order chi connectivity index (χ1) is 9.61. The van der Waals surface area contributed by atoms with Gasteiger partial charge in [-0.3, -0.25) is 9.59 Å². The Bertz CT molecular complexity index is 509. The van der Waals surface area contributed by atoms with E-state index >= 15 is 0 Å². The van der Waals surface area contributed by atoms with Gasteiger partial charge in [-0.05, 0) is 32.2 Å². The molecule has 1 aromatic heterocycles. The summed E-state index contributed by atoms with van der Waals surface area (Å²) in [7, 11) is 0. The number of thiazole rings is 1. The minimum Gasteiger partial charge on any atom is -0.353 e. The number of hydrogen-bond acceptors (Lipinski definition) is 4. The minimum absolute atomic E-state index is 0.00722. The number of nitrogens with zero attached hydrogens (tertiary/aromatic N) is 1. The van der Waals surface area contributed by atoms with E-state index in [1.165, 1.54) is 17.8 Å². The predicted molar refractivity (Wildman–Crippen MR) is 80.9 cm³/mol. The van der Waals surface area contributed by atoms with Gasteiger partial charge >= 0.3 is 4.87 Å². The summed E-state index contributed by atoms with van der Waals surface area (Å²) in [6.07, 6.45) is 4.84. The quantitative estimate of drug-likeness (QED) is 0.858. The zero-order chi connectivity index (χ0) is 14.5. The van der Waals surface area contributed by atoms with Gasteiger partial charge in [0.25, 0.3) is 0 Å². The first-order valence-corrected chi connectivity index (χ1v) is 8.14. The molecule has 0 aromatic carbocycles. The zero-order valence-corrected chi connectivity index (χ0v) is 12.7. The van der Waals surface area contributed by atoms with Gasteiger partial charge in [0.05, 0.1) is 0 Å². The van der Waals surface area contributed by atoms with Crippen LogP contribution in [-0.2, 0) is 11.3 Å². The number of nitrogens with one attached hydrogen (secondary N) is 1. The van der Waals surface area contributed by atoms with Crippen LogP contribution in [0.25, 0.3) is 0 Å². The van der Waals surface area contributed by atoms with Crippen molar-refractivity contribution in [3.63, 3.8) is 0 Å². The van der Waals surface area contributed by atoms with E-state index in [9.17, 15) is 9.59 Å². The van der Waals surface area contributed by atoms with Crippen molar-refractivity contribution >= 4 is 17.2 Å². The normalized spacial score (nSPS) is 22.7. The van der Waals surface area contributed by atoms with Gasteiger partial charge in [0.15, 0.2) is 0 Å². The lowest BCUT2D eigenvalue weighted by molar-refractivity contribution is -0.122. The van der Waals surface area contributed by atoms with Crippen molar-refractivity contribution in [2.24, 2.45) is 11.7 Å². The third-order valence-corrected chi connectivity index (χ3v) is 4.98. The number of carbonyl (C=O) groups is 1. The molecule has 0 bridgehead atoms. The molecule has 1 fully saturated rings. The molecule has 20 heavy (non-hydrogen) atoms. The molecule has 2 atom stereocenters. The number of aryl methyl sites for hydroxylation is 1. The molecule has 1 heterocycles. The van der Waals surface area contributed by atoms with Gasteiger partial charge in [0.1, 0.15) is 0 Å². The average Bonchev–Trinajstić information content (AvgIpc) is 2.76. The first-order valence-electron chi connectivity index (χ1n) is 7.26. The molecule has 0 aliphatic heterocycles. The topological polar surface area (TPSA) is 77.1 Å². The van der Waals surface area contributed by atoms with Crippen molar-refractivity contribution in [1.82, 2.24) is 9.88 Å². The van der Waals surface area contributed by atoms with E-state index in [0.717, 1.165) is 25.0 Å². The predicted octanol–water partition coefficient (Wildman–Crippen LogP) is 1.24. The second-order valence-electron chi connectivity index (χ2n) is 5.50. The summed E-state index contributed by atoms with van der Waals surface area (Å²) >= 11 is 1.18. The van der Waals surface area contributed by atoms with E-state index in [1.54, 1.807) is 4.57 Å². The summed E-state index contributed by atoms with van der Waals surface area (Å²) in [6.45, 7) is 2.98. The molecule has 1 aliphatic carbocycles. The molecule has 112 valence electrons. The lowest BCUT2D eigenvalue weighted by Gasteiger charge is -2.31. The third-order valence-electron chi connectivity index (χ3n) is 4.10. The second-order valence-corrected chi connectivity index (χ2v) is 6.32. The highest BCUT2D eigenvalue weighted by Crippen LogP contribution is 2.23. The fraction of sp³-hybridized carbons (Fsp3) is 0.714. The molecule has 0 radical (unpaired) electrons. The molecule has 5 nitrogen and oxygen atoms in total. The number of carbonyl (C=O) groups excluding carboxylic acids is 1. The summed E-state index contributed by atoms with van der Waals surface area (Å²) in [5, 5.41) is 4.92. The summed E-state index contributed by atoms with van der Waals surface area (Å²) in [4.78, 5) is 23.6. The molecule has 2 rings (SSSR count). The summed E-state index contributed by atoms with van der Waals surface area (Å²) < 4.78 is 1.66. The van der Waals surface area contributed by atoms with Gasteiger partial charge in [-0.1, -0.05) is 24.2 Å². The number of aromatic nitrogens is 1. The van der Waals surface area contributed by atoms with Crippen LogP contribution >= 0.6 is 11.3 Å². The Labute approximate surface area is 123 Å². The molecule has 0 spiro atoms. The van der Waals surface area contributed by atoms with Crippen LogP contribution in [0.2, 0.25) is 0 Å². The molecule has 3 N–H and O–H groups in total. The van der Waals surface area contributed by atoms with Crippen LogP contribution in [0.1, 0.15) is 37.8 Å². The van der Waals surface area contributed by atoms with E-state index in [2.05, 4.69) is 5.32 Å². The number of amides is 1. The highest BCUT2D eigenvalue weighted by molar-refractivity contribution is 7.07. The van der Waals surface area contributed by atoms with Gasteiger partial charge in [0.2, 0.25) is 5.91 Å². The van der Waals surface area contributed by atoms with Crippen molar-refractivity contribution in [2.45, 2.75) is 51.6 Å². The molecule has 1 amide bonds. The fourth-order valence-electron chi connectivity index (χ4n) is 2.85. The molecular weight excluding hydrogens is 274 g/mol. The zero-order valence-electron chi connectivity index (χ0n) is 11.9. The molecule has 6 heteroatoms. The highest BCUT2D eigenvalue weighted by atomic mass is 32.1. The molecule has 1 saturated carbocycles. The first kappa shape index (κ1) is 15.3. The van der Waals surface area contributed by atoms with E-state index in [4.69, 9.17) is 5.73 Å². The highest BCUT2D eigenvalue weighted by Gasteiger charge is 2.25. The average molecular weight is 297 g/mol. The Morgan fingerprint density at radius 3 is 2.90 bits per heavy atom. The molecule has 0 saturated heterocycles. The third kappa shape index (κ3) is 3.70. The van der Waals surface area contributed by atoms with Crippen LogP contribution in [0.5, 0.6) is 0 Å². The van der Waals surface area contributed by atoms with Crippen LogP contribution in [0.3, 0.4) is 0 Å². The largest absolute Gasteiger partial charge is 0.353 e. The maximum atomic E-state index is 12.0. The smallest absolute Gasteiger partial charge is 0.307 e. The Morgan fingerprint density at radius 1 is 1.50 bits per heavy atom. The monoisotopic (exact) mass is 297 g/mol. The van der Waals surface area contributed by atoms with Gasteiger partial charge in [-0.25, -0.2) is 0 Å². The maximum absolute atomic E-state index is 12.0. The van der Waals surface area contributed by atoms with Crippen LogP contribution in [-0.4, -0.2) is 23.1 Å². The lowest BCUT2D eigenvalue weighted by atomic mass is 9.84. The summed E-state index contributed by atoms with van der Waals surface area (Å²) in [5.41, 5.74) is 6.69. The van der Waals surface area contributed by atoms with Crippen molar-refractivity contribution in [2.75, 3.05) is 6.54 Å². The maximum Gasteiger partial charge on any atom is 0.307 e. The Hall–Kier alpha value is -1.14. The van der Waals surface area contributed by atoms with E-state index in [0.29, 0.717) is 25.4 Å². The molecular formula is C14H23N3O2S.